The molecule has 10 nitrogen and oxygen atoms in total. The Balaban J connectivity index is 1.50. The SMILES string of the molecule is CCOC(=O)[C@@H]1C(=O)NC(N2CCN(C(=O)c3ccco3)CC2)=N[C@H]1c1ccco1. The van der Waals surface area contributed by atoms with Crippen LogP contribution in [0.4, 0.5) is 0 Å². The Morgan fingerprint density at radius 1 is 1.17 bits per heavy atom. The number of hydrogen-bond acceptors (Lipinski definition) is 8. The standard InChI is InChI=1S/C20H22N4O6/c1-2-28-19(27)15-16(13-5-3-11-29-13)21-20(22-17(15)25)24-9-7-23(8-10-24)18(26)14-6-4-12-30-14/h3-6,11-12,15-16H,2,7-10H2,1H3,(H,21,22,25)/t15-,16-/m0/s1. The van der Waals surface area contributed by atoms with Gasteiger partial charge in [-0.05, 0) is 31.2 Å². The van der Waals surface area contributed by atoms with Crippen LogP contribution in [0.1, 0.15) is 29.3 Å². The fraction of sp³-hybridized carbons (Fsp3) is 0.400. The molecule has 2 aliphatic heterocycles. The van der Waals surface area contributed by atoms with E-state index in [2.05, 4.69) is 10.3 Å². The molecule has 0 unspecified atom stereocenters. The van der Waals surface area contributed by atoms with Crippen molar-refractivity contribution < 1.29 is 28.0 Å². The van der Waals surface area contributed by atoms with Gasteiger partial charge >= 0.3 is 5.97 Å². The Hall–Kier alpha value is -3.56. The van der Waals surface area contributed by atoms with E-state index >= 15 is 0 Å². The minimum absolute atomic E-state index is 0.162. The van der Waals surface area contributed by atoms with Gasteiger partial charge in [-0.1, -0.05) is 0 Å². The van der Waals surface area contributed by atoms with Crippen molar-refractivity contribution in [1.82, 2.24) is 15.1 Å². The number of nitrogens with zero attached hydrogens (tertiary/aromatic N) is 3. The normalized spacial score (nSPS) is 21.8. The van der Waals surface area contributed by atoms with Crippen LogP contribution in [-0.2, 0) is 14.3 Å². The number of guanidine groups is 1. The molecule has 0 saturated carbocycles. The topological polar surface area (TPSA) is 118 Å². The van der Waals surface area contributed by atoms with E-state index in [1.54, 1.807) is 36.1 Å². The predicted molar refractivity (Wildman–Crippen MR) is 103 cm³/mol. The van der Waals surface area contributed by atoms with Crippen LogP contribution in [0.15, 0.2) is 50.6 Å². The van der Waals surface area contributed by atoms with Gasteiger partial charge in [0.1, 0.15) is 11.8 Å². The molecule has 158 valence electrons. The lowest BCUT2D eigenvalue weighted by Gasteiger charge is -2.38. The molecule has 0 aliphatic carbocycles. The van der Waals surface area contributed by atoms with Crippen molar-refractivity contribution in [3.63, 3.8) is 0 Å². The van der Waals surface area contributed by atoms with E-state index in [1.807, 2.05) is 4.90 Å². The molecule has 2 atom stereocenters. The first-order chi connectivity index (χ1) is 14.6. The van der Waals surface area contributed by atoms with Gasteiger partial charge in [0.2, 0.25) is 11.9 Å². The lowest BCUT2D eigenvalue weighted by Crippen LogP contribution is -2.58. The minimum atomic E-state index is -1.12. The number of ether oxygens (including phenoxy) is 1. The molecule has 0 spiro atoms. The highest BCUT2D eigenvalue weighted by Gasteiger charge is 2.43. The molecule has 1 fully saturated rings. The molecular formula is C20H22N4O6. The Bertz CT molecular complexity index is 929. The number of carbonyl (C=O) groups is 3. The molecule has 0 bridgehead atoms. The second-order valence-corrected chi connectivity index (χ2v) is 6.89. The zero-order valence-electron chi connectivity index (χ0n) is 16.4. The second kappa shape index (κ2) is 8.44. The fourth-order valence-corrected chi connectivity index (χ4v) is 3.56. The number of piperazine rings is 1. The monoisotopic (exact) mass is 414 g/mol. The van der Waals surface area contributed by atoms with Gasteiger partial charge in [0.05, 0.1) is 19.1 Å². The molecule has 2 aromatic heterocycles. The van der Waals surface area contributed by atoms with E-state index in [0.717, 1.165) is 0 Å². The van der Waals surface area contributed by atoms with Crippen molar-refractivity contribution >= 4 is 23.7 Å². The zero-order valence-corrected chi connectivity index (χ0v) is 16.4. The molecule has 1 N–H and O–H groups in total. The predicted octanol–water partition coefficient (Wildman–Crippen LogP) is 1.04. The van der Waals surface area contributed by atoms with Gasteiger partial charge in [-0.15, -0.1) is 0 Å². The van der Waals surface area contributed by atoms with Gasteiger partial charge in [0, 0.05) is 26.2 Å². The number of nitrogens with one attached hydrogen (secondary N) is 1. The first-order valence-electron chi connectivity index (χ1n) is 9.75. The number of hydrogen-bond donors (Lipinski definition) is 1. The lowest BCUT2D eigenvalue weighted by atomic mass is 9.95. The maximum absolute atomic E-state index is 12.8. The molecule has 2 aromatic rings. The summed E-state index contributed by atoms with van der Waals surface area (Å²) < 4.78 is 15.7. The molecular weight excluding hydrogens is 392 g/mol. The van der Waals surface area contributed by atoms with Crippen LogP contribution in [0.3, 0.4) is 0 Å². The molecule has 0 radical (unpaired) electrons. The van der Waals surface area contributed by atoms with Crippen LogP contribution in [0.25, 0.3) is 0 Å². The average Bonchev–Trinajstić information content (AvgIpc) is 3.47. The largest absolute Gasteiger partial charge is 0.467 e. The Morgan fingerprint density at radius 2 is 1.90 bits per heavy atom. The van der Waals surface area contributed by atoms with Crippen molar-refractivity contribution in [2.45, 2.75) is 13.0 Å². The van der Waals surface area contributed by atoms with Crippen molar-refractivity contribution in [2.24, 2.45) is 10.9 Å². The summed E-state index contributed by atoms with van der Waals surface area (Å²) in [5.74, 6) is -1.38. The summed E-state index contributed by atoms with van der Waals surface area (Å²) in [5, 5.41) is 2.71. The van der Waals surface area contributed by atoms with Crippen molar-refractivity contribution in [3.8, 4) is 0 Å². The van der Waals surface area contributed by atoms with Gasteiger partial charge in [0.25, 0.3) is 5.91 Å². The zero-order chi connectivity index (χ0) is 21.1. The van der Waals surface area contributed by atoms with E-state index in [1.165, 1.54) is 12.5 Å². The number of rotatable bonds is 4. The Kier molecular flexibility index (Phi) is 5.55. The number of aliphatic imine (C=N–C) groups is 1. The van der Waals surface area contributed by atoms with Gasteiger partial charge in [-0.25, -0.2) is 4.99 Å². The number of carbonyl (C=O) groups excluding carboxylic acids is 3. The number of amides is 2. The van der Waals surface area contributed by atoms with E-state index in [-0.39, 0.29) is 12.5 Å². The maximum Gasteiger partial charge on any atom is 0.321 e. The van der Waals surface area contributed by atoms with Gasteiger partial charge in [-0.2, -0.15) is 0 Å². The van der Waals surface area contributed by atoms with Crippen LogP contribution in [0.2, 0.25) is 0 Å². The smallest absolute Gasteiger partial charge is 0.321 e. The first-order valence-corrected chi connectivity index (χ1v) is 9.75. The van der Waals surface area contributed by atoms with Crippen LogP contribution in [-0.4, -0.2) is 66.3 Å². The number of esters is 1. The van der Waals surface area contributed by atoms with Crippen LogP contribution < -0.4 is 5.32 Å². The molecule has 2 aliphatic rings. The minimum Gasteiger partial charge on any atom is -0.467 e. The summed E-state index contributed by atoms with van der Waals surface area (Å²) in [6, 6.07) is 5.84. The highest BCUT2D eigenvalue weighted by molar-refractivity contribution is 6.08. The molecule has 2 amide bonds. The summed E-state index contributed by atoms with van der Waals surface area (Å²) >= 11 is 0. The Labute approximate surface area is 172 Å². The van der Waals surface area contributed by atoms with Crippen molar-refractivity contribution in [1.29, 1.82) is 0 Å². The quantitative estimate of drug-likeness (QED) is 0.587. The van der Waals surface area contributed by atoms with Gasteiger partial charge < -0.3 is 23.4 Å². The summed E-state index contributed by atoms with van der Waals surface area (Å²) in [6.45, 7) is 3.68. The van der Waals surface area contributed by atoms with Crippen LogP contribution in [0, 0.1) is 5.92 Å². The molecule has 4 rings (SSSR count). The highest BCUT2D eigenvalue weighted by atomic mass is 16.5. The third-order valence-corrected chi connectivity index (χ3v) is 5.07. The van der Waals surface area contributed by atoms with Crippen molar-refractivity contribution in [3.05, 3.63) is 48.3 Å². The van der Waals surface area contributed by atoms with Crippen LogP contribution in [0.5, 0.6) is 0 Å². The van der Waals surface area contributed by atoms with E-state index < -0.39 is 23.8 Å². The highest BCUT2D eigenvalue weighted by Crippen LogP contribution is 2.31. The lowest BCUT2D eigenvalue weighted by molar-refractivity contribution is -0.153. The molecule has 4 heterocycles. The third kappa shape index (κ3) is 3.80. The van der Waals surface area contributed by atoms with E-state index in [0.29, 0.717) is 43.7 Å². The maximum atomic E-state index is 12.8. The third-order valence-electron chi connectivity index (χ3n) is 5.07. The average molecular weight is 414 g/mol. The molecule has 0 aromatic carbocycles. The summed E-state index contributed by atoms with van der Waals surface area (Å²) in [4.78, 5) is 45.7. The van der Waals surface area contributed by atoms with Gasteiger partial charge in [0.15, 0.2) is 11.7 Å². The van der Waals surface area contributed by atoms with E-state index in [9.17, 15) is 14.4 Å². The molecule has 10 heteroatoms. The first kappa shape index (κ1) is 19.7. The molecule has 30 heavy (non-hydrogen) atoms. The number of furan rings is 2. The molecule has 1 saturated heterocycles. The summed E-state index contributed by atoms with van der Waals surface area (Å²) in [6.07, 6.45) is 2.93. The van der Waals surface area contributed by atoms with Gasteiger partial charge in [-0.3, -0.25) is 19.7 Å². The summed E-state index contributed by atoms with van der Waals surface area (Å²) in [5.41, 5.74) is 0. The second-order valence-electron chi connectivity index (χ2n) is 6.89. The fourth-order valence-electron chi connectivity index (χ4n) is 3.56. The van der Waals surface area contributed by atoms with Crippen molar-refractivity contribution in [2.75, 3.05) is 32.8 Å². The Morgan fingerprint density at radius 3 is 2.53 bits per heavy atom. The van der Waals surface area contributed by atoms with E-state index in [4.69, 9.17) is 13.6 Å². The summed E-state index contributed by atoms with van der Waals surface area (Å²) in [7, 11) is 0. The van der Waals surface area contributed by atoms with Crippen LogP contribution >= 0.6 is 0 Å².